The van der Waals surface area contributed by atoms with Gasteiger partial charge in [-0.3, -0.25) is 4.79 Å². The number of hydrogen-bond donors (Lipinski definition) is 1. The van der Waals surface area contributed by atoms with Crippen molar-refractivity contribution in [3.8, 4) is 0 Å². The summed E-state index contributed by atoms with van der Waals surface area (Å²) in [4.78, 5) is 14.2. The monoisotopic (exact) mass is 225 g/mol. The van der Waals surface area contributed by atoms with Crippen molar-refractivity contribution < 1.29 is 9.90 Å². The molecule has 2 rings (SSSR count). The summed E-state index contributed by atoms with van der Waals surface area (Å²) in [5.41, 5.74) is 0. The molecule has 92 valence electrons. The van der Waals surface area contributed by atoms with E-state index in [1.165, 1.54) is 19.3 Å². The topological polar surface area (TPSA) is 40.5 Å². The molecule has 0 radical (unpaired) electrons. The van der Waals surface area contributed by atoms with Gasteiger partial charge in [0.15, 0.2) is 0 Å². The highest BCUT2D eigenvalue weighted by Crippen LogP contribution is 2.27. The summed E-state index contributed by atoms with van der Waals surface area (Å²) in [5, 5.41) is 9.65. The second-order valence-corrected chi connectivity index (χ2v) is 5.45. The molecule has 3 heteroatoms. The van der Waals surface area contributed by atoms with E-state index in [1.807, 2.05) is 11.8 Å². The third-order valence-corrected chi connectivity index (χ3v) is 4.13. The predicted molar refractivity (Wildman–Crippen MR) is 62.9 cm³/mol. The normalized spacial score (nSPS) is 32.8. The summed E-state index contributed by atoms with van der Waals surface area (Å²) in [7, 11) is 0. The fraction of sp³-hybridized carbons (Fsp3) is 0.923. The number of amides is 1. The van der Waals surface area contributed by atoms with E-state index in [0.29, 0.717) is 5.91 Å². The number of piperidine rings is 1. The minimum atomic E-state index is -0.213. The molecule has 1 N–H and O–H groups in total. The Kier molecular flexibility index (Phi) is 3.85. The number of likely N-dealkylation sites (tertiary alicyclic amines) is 1. The number of aliphatic hydroxyl groups excluding tert-OH is 1. The first-order valence-corrected chi connectivity index (χ1v) is 6.65. The van der Waals surface area contributed by atoms with Gasteiger partial charge in [-0.1, -0.05) is 26.2 Å². The van der Waals surface area contributed by atoms with Crippen LogP contribution in [0.5, 0.6) is 0 Å². The fourth-order valence-electron chi connectivity index (χ4n) is 2.94. The van der Waals surface area contributed by atoms with Gasteiger partial charge in [0, 0.05) is 19.0 Å². The molecule has 2 unspecified atom stereocenters. The van der Waals surface area contributed by atoms with Gasteiger partial charge in [-0.15, -0.1) is 0 Å². The lowest BCUT2D eigenvalue weighted by Gasteiger charge is -2.37. The van der Waals surface area contributed by atoms with E-state index in [-0.39, 0.29) is 17.9 Å². The van der Waals surface area contributed by atoms with Crippen LogP contribution in [0.25, 0.3) is 0 Å². The summed E-state index contributed by atoms with van der Waals surface area (Å²) < 4.78 is 0. The molecule has 2 fully saturated rings. The first kappa shape index (κ1) is 11.9. The number of carbonyl (C=O) groups excluding carboxylic acids is 1. The van der Waals surface area contributed by atoms with Crippen molar-refractivity contribution in [2.45, 2.75) is 51.6 Å². The van der Waals surface area contributed by atoms with Crippen molar-refractivity contribution in [2.24, 2.45) is 11.8 Å². The number of hydrogen-bond acceptors (Lipinski definition) is 2. The van der Waals surface area contributed by atoms with Crippen molar-refractivity contribution in [1.29, 1.82) is 0 Å². The third-order valence-electron chi connectivity index (χ3n) is 4.13. The fourth-order valence-corrected chi connectivity index (χ4v) is 2.94. The van der Waals surface area contributed by atoms with Gasteiger partial charge in [0.05, 0.1) is 6.10 Å². The van der Waals surface area contributed by atoms with Crippen molar-refractivity contribution in [3.63, 3.8) is 0 Å². The molecular formula is C13H23NO2. The zero-order chi connectivity index (χ0) is 11.5. The van der Waals surface area contributed by atoms with E-state index in [9.17, 15) is 9.90 Å². The molecule has 1 saturated carbocycles. The van der Waals surface area contributed by atoms with Gasteiger partial charge < -0.3 is 10.0 Å². The van der Waals surface area contributed by atoms with Gasteiger partial charge in [-0.25, -0.2) is 0 Å². The first-order valence-electron chi connectivity index (χ1n) is 6.65. The molecule has 1 aliphatic carbocycles. The second-order valence-electron chi connectivity index (χ2n) is 5.45. The van der Waals surface area contributed by atoms with Gasteiger partial charge in [0.2, 0.25) is 5.91 Å². The quantitative estimate of drug-likeness (QED) is 0.739. The molecule has 1 amide bonds. The number of nitrogens with zero attached hydrogens (tertiary/aromatic N) is 1. The molecule has 0 spiro atoms. The van der Waals surface area contributed by atoms with Crippen LogP contribution in [0, 0.1) is 11.8 Å². The van der Waals surface area contributed by atoms with Crippen LogP contribution in [0.4, 0.5) is 0 Å². The first-order chi connectivity index (χ1) is 7.68. The molecule has 3 nitrogen and oxygen atoms in total. The maximum atomic E-state index is 12.2. The van der Waals surface area contributed by atoms with Gasteiger partial charge in [0.25, 0.3) is 0 Å². The average Bonchev–Trinajstić information content (AvgIpc) is 2.33. The van der Waals surface area contributed by atoms with Gasteiger partial charge in [-0.2, -0.15) is 0 Å². The lowest BCUT2D eigenvalue weighted by molar-refractivity contribution is -0.140. The van der Waals surface area contributed by atoms with E-state index in [0.717, 1.165) is 32.4 Å². The number of aliphatic hydroxyl groups is 1. The summed E-state index contributed by atoms with van der Waals surface area (Å²) in [5.74, 6) is 0.857. The molecule has 0 aromatic rings. The van der Waals surface area contributed by atoms with Crippen LogP contribution in [0.3, 0.4) is 0 Å². The second kappa shape index (κ2) is 5.17. The molecule has 1 aliphatic heterocycles. The van der Waals surface area contributed by atoms with Crippen LogP contribution >= 0.6 is 0 Å². The van der Waals surface area contributed by atoms with Crippen LogP contribution in [0.15, 0.2) is 0 Å². The van der Waals surface area contributed by atoms with Crippen molar-refractivity contribution >= 4 is 5.91 Å². The largest absolute Gasteiger partial charge is 0.393 e. The van der Waals surface area contributed by atoms with E-state index < -0.39 is 0 Å². The smallest absolute Gasteiger partial charge is 0.225 e. The highest BCUT2D eigenvalue weighted by molar-refractivity contribution is 5.79. The van der Waals surface area contributed by atoms with Crippen molar-refractivity contribution in [2.75, 3.05) is 13.1 Å². The predicted octanol–water partition coefficient (Wildman–Crippen LogP) is 1.80. The average molecular weight is 225 g/mol. The van der Waals surface area contributed by atoms with Crippen molar-refractivity contribution in [1.82, 2.24) is 4.90 Å². The summed E-state index contributed by atoms with van der Waals surface area (Å²) >= 11 is 0. The Morgan fingerprint density at radius 1 is 1.19 bits per heavy atom. The number of rotatable bonds is 1. The SMILES string of the molecule is CC1CN(C(=O)C2CCCCC2)CCC1O. The van der Waals surface area contributed by atoms with Crippen LogP contribution < -0.4 is 0 Å². The number of carbonyl (C=O) groups is 1. The highest BCUT2D eigenvalue weighted by Gasteiger charge is 2.31. The van der Waals surface area contributed by atoms with Crippen LogP contribution in [-0.4, -0.2) is 35.1 Å². The lowest BCUT2D eigenvalue weighted by Crippen LogP contribution is -2.47. The minimum absolute atomic E-state index is 0.213. The molecule has 0 bridgehead atoms. The molecule has 2 aliphatic rings. The maximum absolute atomic E-state index is 12.2. The van der Waals surface area contributed by atoms with E-state index in [2.05, 4.69) is 0 Å². The molecule has 1 heterocycles. The molecule has 0 aromatic carbocycles. The van der Waals surface area contributed by atoms with Gasteiger partial charge in [0.1, 0.15) is 0 Å². The van der Waals surface area contributed by atoms with Gasteiger partial charge in [-0.05, 0) is 25.2 Å². The zero-order valence-corrected chi connectivity index (χ0v) is 10.2. The minimum Gasteiger partial charge on any atom is -0.393 e. The van der Waals surface area contributed by atoms with E-state index in [4.69, 9.17) is 0 Å². The van der Waals surface area contributed by atoms with Crippen molar-refractivity contribution in [3.05, 3.63) is 0 Å². The molecule has 2 atom stereocenters. The van der Waals surface area contributed by atoms with E-state index >= 15 is 0 Å². The molecule has 0 aromatic heterocycles. The van der Waals surface area contributed by atoms with Gasteiger partial charge >= 0.3 is 0 Å². The zero-order valence-electron chi connectivity index (χ0n) is 10.2. The molecule has 1 saturated heterocycles. The highest BCUT2D eigenvalue weighted by atomic mass is 16.3. The summed E-state index contributed by atoms with van der Waals surface area (Å²) in [6, 6.07) is 0. The summed E-state index contributed by atoms with van der Waals surface area (Å²) in [6.45, 7) is 3.53. The lowest BCUT2D eigenvalue weighted by atomic mass is 9.87. The third kappa shape index (κ3) is 2.57. The maximum Gasteiger partial charge on any atom is 0.225 e. The van der Waals surface area contributed by atoms with E-state index in [1.54, 1.807) is 0 Å². The Hall–Kier alpha value is -0.570. The van der Waals surface area contributed by atoms with Crippen LogP contribution in [0.2, 0.25) is 0 Å². The Labute approximate surface area is 97.8 Å². The molecule has 16 heavy (non-hydrogen) atoms. The molecular weight excluding hydrogens is 202 g/mol. The Morgan fingerprint density at radius 3 is 2.50 bits per heavy atom. The summed E-state index contributed by atoms with van der Waals surface area (Å²) in [6.07, 6.45) is 6.40. The Bertz CT molecular complexity index is 248. The van der Waals surface area contributed by atoms with Crippen LogP contribution in [-0.2, 0) is 4.79 Å². The Balaban J connectivity index is 1.89. The Morgan fingerprint density at radius 2 is 1.88 bits per heavy atom. The van der Waals surface area contributed by atoms with Crippen LogP contribution in [0.1, 0.15) is 45.4 Å². The standard InChI is InChI=1S/C13H23NO2/c1-10-9-14(8-7-12(10)15)13(16)11-5-3-2-4-6-11/h10-12,15H,2-9H2,1H3.